The van der Waals surface area contributed by atoms with E-state index in [-0.39, 0.29) is 30.7 Å². The standard InChI is InChI=1S/C27H41N5O5/c1-5-37-21(33)17-32(16-18-11-12-18)26(36)23(27(2,3)4)31-25(35)22(19-9-7-6-8-10-19)30-24(34)20-15-28-13-14-29-20/h13-15,18-19,22-23H,5-12,16-17H2,1-4H3,(H,30,34)(H,31,35)/t22-,23?/m0/s1. The number of rotatable bonds is 11. The minimum Gasteiger partial charge on any atom is -0.465 e. The van der Waals surface area contributed by atoms with Gasteiger partial charge in [-0.15, -0.1) is 0 Å². The Balaban J connectivity index is 1.80. The SMILES string of the molecule is CCOC(=O)CN(CC1CC1)C(=O)C(NC(=O)[C@@H](NC(=O)c1cnccn1)C1CCCCC1)C(C)(C)C. The van der Waals surface area contributed by atoms with Gasteiger partial charge in [-0.2, -0.15) is 0 Å². The molecule has 3 amide bonds. The second-order valence-electron chi connectivity index (χ2n) is 11.2. The normalized spacial score (nSPS) is 17.8. The zero-order valence-corrected chi connectivity index (χ0v) is 22.5. The van der Waals surface area contributed by atoms with E-state index in [9.17, 15) is 19.2 Å². The number of nitrogens with one attached hydrogen (secondary N) is 2. The van der Waals surface area contributed by atoms with Crippen LogP contribution in [0.5, 0.6) is 0 Å². The van der Waals surface area contributed by atoms with Gasteiger partial charge in [0.05, 0.1) is 12.8 Å². The molecule has 0 spiro atoms. The van der Waals surface area contributed by atoms with Crippen LogP contribution in [0, 0.1) is 17.3 Å². The average Bonchev–Trinajstić information content (AvgIpc) is 3.69. The Bertz CT molecular complexity index is 938. The molecule has 1 heterocycles. The van der Waals surface area contributed by atoms with Crippen molar-refractivity contribution in [3.63, 3.8) is 0 Å². The number of aromatic nitrogens is 2. The summed E-state index contributed by atoms with van der Waals surface area (Å²) < 4.78 is 5.10. The Hall–Kier alpha value is -3.04. The van der Waals surface area contributed by atoms with E-state index in [2.05, 4.69) is 20.6 Å². The number of hydrogen-bond donors (Lipinski definition) is 2. The van der Waals surface area contributed by atoms with E-state index in [0.29, 0.717) is 12.5 Å². The lowest BCUT2D eigenvalue weighted by molar-refractivity contribution is -0.151. The highest BCUT2D eigenvalue weighted by molar-refractivity contribution is 5.97. The molecular weight excluding hydrogens is 474 g/mol. The predicted molar refractivity (Wildman–Crippen MR) is 137 cm³/mol. The van der Waals surface area contributed by atoms with Gasteiger partial charge in [0.1, 0.15) is 24.3 Å². The Morgan fingerprint density at radius 1 is 1.05 bits per heavy atom. The van der Waals surface area contributed by atoms with Crippen molar-refractivity contribution >= 4 is 23.7 Å². The third kappa shape index (κ3) is 8.50. The molecule has 2 fully saturated rings. The maximum absolute atomic E-state index is 13.8. The Kier molecular flexibility index (Phi) is 10.00. The van der Waals surface area contributed by atoms with E-state index >= 15 is 0 Å². The van der Waals surface area contributed by atoms with Crippen LogP contribution in [-0.4, -0.2) is 70.3 Å². The molecule has 1 unspecified atom stereocenters. The molecule has 1 aromatic rings. The number of nitrogens with zero attached hydrogens (tertiary/aromatic N) is 3. The van der Waals surface area contributed by atoms with E-state index < -0.39 is 35.3 Å². The summed E-state index contributed by atoms with van der Waals surface area (Å²) in [6.07, 6.45) is 11.0. The molecule has 2 aliphatic carbocycles. The first kappa shape index (κ1) is 28.5. The molecule has 2 atom stereocenters. The van der Waals surface area contributed by atoms with Crippen molar-refractivity contribution in [3.05, 3.63) is 24.3 Å². The summed E-state index contributed by atoms with van der Waals surface area (Å²) in [5.41, 5.74) is -0.500. The maximum atomic E-state index is 13.8. The van der Waals surface area contributed by atoms with Crippen molar-refractivity contribution in [2.24, 2.45) is 17.3 Å². The summed E-state index contributed by atoms with van der Waals surface area (Å²) in [5.74, 6) is -1.35. The topological polar surface area (TPSA) is 131 Å². The molecule has 0 aromatic carbocycles. The van der Waals surface area contributed by atoms with E-state index in [4.69, 9.17) is 4.74 Å². The predicted octanol–water partition coefficient (Wildman–Crippen LogP) is 2.49. The van der Waals surface area contributed by atoms with Crippen LogP contribution in [0.1, 0.15) is 83.1 Å². The number of ether oxygens (including phenoxy) is 1. The second-order valence-corrected chi connectivity index (χ2v) is 11.2. The molecule has 37 heavy (non-hydrogen) atoms. The van der Waals surface area contributed by atoms with Crippen LogP contribution in [0.4, 0.5) is 0 Å². The van der Waals surface area contributed by atoms with Crippen molar-refractivity contribution in [2.75, 3.05) is 19.7 Å². The van der Waals surface area contributed by atoms with Crippen LogP contribution in [0.25, 0.3) is 0 Å². The average molecular weight is 516 g/mol. The summed E-state index contributed by atoms with van der Waals surface area (Å²) >= 11 is 0. The summed E-state index contributed by atoms with van der Waals surface area (Å²) in [4.78, 5) is 62.2. The first-order chi connectivity index (χ1) is 17.6. The molecule has 10 nitrogen and oxygen atoms in total. The molecule has 204 valence electrons. The third-order valence-corrected chi connectivity index (χ3v) is 7.00. The van der Waals surface area contributed by atoms with Gasteiger partial charge in [-0.05, 0) is 49.9 Å². The van der Waals surface area contributed by atoms with Crippen LogP contribution in [0.2, 0.25) is 0 Å². The van der Waals surface area contributed by atoms with Gasteiger partial charge < -0.3 is 20.3 Å². The minimum atomic E-state index is -0.882. The van der Waals surface area contributed by atoms with Gasteiger partial charge in [-0.3, -0.25) is 24.2 Å². The molecule has 1 aromatic heterocycles. The largest absolute Gasteiger partial charge is 0.465 e. The molecule has 2 N–H and O–H groups in total. The first-order valence-corrected chi connectivity index (χ1v) is 13.4. The Labute approximate surface area is 219 Å². The molecule has 0 aliphatic heterocycles. The molecule has 2 aliphatic rings. The molecule has 3 rings (SSSR count). The maximum Gasteiger partial charge on any atom is 0.325 e. The van der Waals surface area contributed by atoms with Crippen LogP contribution < -0.4 is 10.6 Å². The molecule has 10 heteroatoms. The van der Waals surface area contributed by atoms with Crippen LogP contribution in [-0.2, 0) is 19.1 Å². The van der Waals surface area contributed by atoms with Crippen LogP contribution in [0.3, 0.4) is 0 Å². The fourth-order valence-electron chi connectivity index (χ4n) is 4.77. The van der Waals surface area contributed by atoms with Gasteiger partial charge >= 0.3 is 5.97 Å². The zero-order chi connectivity index (χ0) is 27.0. The lowest BCUT2D eigenvalue weighted by atomic mass is 9.82. The van der Waals surface area contributed by atoms with Gasteiger partial charge in [0.25, 0.3) is 5.91 Å². The van der Waals surface area contributed by atoms with Gasteiger partial charge in [-0.1, -0.05) is 40.0 Å². The fourth-order valence-corrected chi connectivity index (χ4v) is 4.77. The summed E-state index contributed by atoms with van der Waals surface area (Å²) in [7, 11) is 0. The number of hydrogen-bond acceptors (Lipinski definition) is 7. The summed E-state index contributed by atoms with van der Waals surface area (Å²) in [6, 6.07) is -1.69. The Morgan fingerprint density at radius 3 is 2.32 bits per heavy atom. The van der Waals surface area contributed by atoms with Crippen LogP contribution >= 0.6 is 0 Å². The number of amides is 3. The lowest BCUT2D eigenvalue weighted by Crippen LogP contribution is -2.60. The van der Waals surface area contributed by atoms with Crippen LogP contribution in [0.15, 0.2) is 18.6 Å². The smallest absolute Gasteiger partial charge is 0.325 e. The van der Waals surface area contributed by atoms with Crippen molar-refractivity contribution in [2.45, 2.75) is 84.7 Å². The highest BCUT2D eigenvalue weighted by atomic mass is 16.5. The third-order valence-electron chi connectivity index (χ3n) is 7.00. The molecule has 0 bridgehead atoms. The van der Waals surface area contributed by atoms with E-state index in [1.165, 1.54) is 23.5 Å². The molecular formula is C27H41N5O5. The van der Waals surface area contributed by atoms with E-state index in [1.807, 2.05) is 20.8 Å². The zero-order valence-electron chi connectivity index (χ0n) is 22.5. The van der Waals surface area contributed by atoms with Crippen molar-refractivity contribution in [1.82, 2.24) is 25.5 Å². The summed E-state index contributed by atoms with van der Waals surface area (Å²) in [6.45, 7) is 7.90. The first-order valence-electron chi connectivity index (χ1n) is 13.4. The monoisotopic (exact) mass is 515 g/mol. The molecule has 2 saturated carbocycles. The van der Waals surface area contributed by atoms with E-state index in [0.717, 1.165) is 44.9 Å². The fraction of sp³-hybridized carbons (Fsp3) is 0.704. The number of esters is 1. The molecule has 0 radical (unpaired) electrons. The number of carbonyl (C=O) groups is 4. The van der Waals surface area contributed by atoms with Gasteiger partial charge in [0.15, 0.2) is 0 Å². The molecule has 0 saturated heterocycles. The van der Waals surface area contributed by atoms with Crippen molar-refractivity contribution in [1.29, 1.82) is 0 Å². The van der Waals surface area contributed by atoms with E-state index in [1.54, 1.807) is 6.92 Å². The summed E-state index contributed by atoms with van der Waals surface area (Å²) in [5, 5.41) is 5.82. The lowest BCUT2D eigenvalue weighted by Gasteiger charge is -2.37. The van der Waals surface area contributed by atoms with Crippen molar-refractivity contribution < 1.29 is 23.9 Å². The highest BCUT2D eigenvalue weighted by Gasteiger charge is 2.41. The minimum absolute atomic E-state index is 0.0489. The number of carbonyl (C=O) groups excluding carboxylic acids is 4. The quantitative estimate of drug-likeness (QED) is 0.433. The van der Waals surface area contributed by atoms with Gasteiger partial charge in [0.2, 0.25) is 11.8 Å². The second kappa shape index (κ2) is 13.0. The van der Waals surface area contributed by atoms with Crippen molar-refractivity contribution in [3.8, 4) is 0 Å². The highest BCUT2D eigenvalue weighted by Crippen LogP contribution is 2.31. The van der Waals surface area contributed by atoms with Gasteiger partial charge in [-0.25, -0.2) is 4.98 Å². The Morgan fingerprint density at radius 2 is 1.76 bits per heavy atom. The van der Waals surface area contributed by atoms with Gasteiger partial charge in [0, 0.05) is 18.9 Å².